The van der Waals surface area contributed by atoms with Gasteiger partial charge < -0.3 is 14.2 Å². The van der Waals surface area contributed by atoms with Crippen LogP contribution in [0.15, 0.2) is 97.2 Å². The zero-order valence-corrected chi connectivity index (χ0v) is 42.0. The minimum absolute atomic E-state index is 0.0498. The van der Waals surface area contributed by atoms with Crippen molar-refractivity contribution in [3.63, 3.8) is 0 Å². The summed E-state index contributed by atoms with van der Waals surface area (Å²) in [5.74, 6) is -0.495. The normalized spacial score (nSPS) is 13.0. The Morgan fingerprint density at radius 1 is 0.359 bits per heavy atom. The molecule has 0 heterocycles. The number of esters is 2. The van der Waals surface area contributed by atoms with E-state index in [0.29, 0.717) is 25.9 Å². The van der Waals surface area contributed by atoms with Gasteiger partial charge in [-0.1, -0.05) is 240 Å². The fraction of sp³-hybridized carbons (Fsp3) is 0.695. The van der Waals surface area contributed by atoms with Crippen LogP contribution in [0.3, 0.4) is 0 Å². The van der Waals surface area contributed by atoms with Crippen molar-refractivity contribution in [1.82, 2.24) is 0 Å². The summed E-state index contributed by atoms with van der Waals surface area (Å²) in [6.07, 6.45) is 72.9. The first-order chi connectivity index (χ1) is 31.6. The van der Waals surface area contributed by atoms with Crippen molar-refractivity contribution in [3.8, 4) is 0 Å². The fourth-order valence-corrected chi connectivity index (χ4v) is 7.22. The molecule has 0 saturated heterocycles. The molecule has 0 radical (unpaired) electrons. The van der Waals surface area contributed by atoms with Crippen LogP contribution in [0.5, 0.6) is 0 Å². The molecule has 0 aliphatic carbocycles. The molecule has 0 bridgehead atoms. The molecule has 0 aromatic heterocycles. The third kappa shape index (κ3) is 51.5. The molecule has 1 unspecified atom stereocenters. The quantitative estimate of drug-likeness (QED) is 0.0346. The van der Waals surface area contributed by atoms with Gasteiger partial charge in [-0.3, -0.25) is 9.59 Å². The maximum Gasteiger partial charge on any atom is 0.306 e. The third-order valence-corrected chi connectivity index (χ3v) is 11.1. The maximum atomic E-state index is 12.8. The first-order valence-corrected chi connectivity index (χ1v) is 26.8. The molecule has 366 valence electrons. The van der Waals surface area contributed by atoms with Crippen molar-refractivity contribution in [1.29, 1.82) is 0 Å². The predicted molar refractivity (Wildman–Crippen MR) is 279 cm³/mol. The number of unbranched alkanes of at least 4 members (excludes halogenated alkanes) is 21. The van der Waals surface area contributed by atoms with E-state index in [-0.39, 0.29) is 25.2 Å². The number of hydrogen-bond acceptors (Lipinski definition) is 5. The largest absolute Gasteiger partial charge is 0.462 e. The average Bonchev–Trinajstić information content (AvgIpc) is 3.30. The van der Waals surface area contributed by atoms with Crippen molar-refractivity contribution < 1.29 is 23.8 Å². The summed E-state index contributed by atoms with van der Waals surface area (Å²) in [5.41, 5.74) is 0. The molecule has 64 heavy (non-hydrogen) atoms. The van der Waals surface area contributed by atoms with E-state index >= 15 is 0 Å². The van der Waals surface area contributed by atoms with Gasteiger partial charge in [-0.25, -0.2) is 0 Å². The van der Waals surface area contributed by atoms with E-state index < -0.39 is 6.10 Å². The lowest BCUT2D eigenvalue weighted by Crippen LogP contribution is -2.30. The molecule has 0 amide bonds. The number of carbonyl (C=O) groups is 2. The first kappa shape index (κ1) is 60.8. The number of ether oxygens (including phenoxy) is 3. The lowest BCUT2D eigenvalue weighted by Gasteiger charge is -2.18. The molecular weight excluding hydrogens is 789 g/mol. The Bertz CT molecular complexity index is 1230. The molecule has 0 aromatic rings. The highest BCUT2D eigenvalue weighted by atomic mass is 16.6. The molecule has 0 aliphatic heterocycles. The summed E-state index contributed by atoms with van der Waals surface area (Å²) >= 11 is 0. The minimum atomic E-state index is -0.583. The highest BCUT2D eigenvalue weighted by molar-refractivity contribution is 5.70. The predicted octanol–water partition coefficient (Wildman–Crippen LogP) is 18.2. The minimum Gasteiger partial charge on any atom is -0.462 e. The Morgan fingerprint density at radius 2 is 0.734 bits per heavy atom. The van der Waals surface area contributed by atoms with E-state index in [4.69, 9.17) is 14.2 Å². The third-order valence-electron chi connectivity index (χ3n) is 11.1. The van der Waals surface area contributed by atoms with Crippen molar-refractivity contribution in [2.75, 3.05) is 19.8 Å². The van der Waals surface area contributed by atoms with Gasteiger partial charge in [0.2, 0.25) is 0 Å². The van der Waals surface area contributed by atoms with Crippen LogP contribution >= 0.6 is 0 Å². The Labute approximate surface area is 396 Å². The number of allylic oxidation sites excluding steroid dienone is 16. The van der Waals surface area contributed by atoms with E-state index in [2.05, 4.69) is 112 Å². The van der Waals surface area contributed by atoms with Gasteiger partial charge in [0, 0.05) is 19.4 Å². The molecule has 0 aromatic carbocycles. The molecule has 0 fully saturated rings. The van der Waals surface area contributed by atoms with Gasteiger partial charge in [0.15, 0.2) is 6.10 Å². The van der Waals surface area contributed by atoms with E-state index in [1.807, 2.05) is 6.08 Å². The van der Waals surface area contributed by atoms with E-state index in [1.54, 1.807) is 0 Å². The van der Waals surface area contributed by atoms with Crippen LogP contribution in [0.25, 0.3) is 0 Å². The Hall–Kier alpha value is -3.18. The Kier molecular flexibility index (Phi) is 51.5. The van der Waals surface area contributed by atoms with Gasteiger partial charge in [-0.2, -0.15) is 0 Å². The zero-order valence-electron chi connectivity index (χ0n) is 42.0. The Morgan fingerprint density at radius 3 is 1.19 bits per heavy atom. The molecule has 1 atom stereocenters. The van der Waals surface area contributed by atoms with Gasteiger partial charge in [0.05, 0.1) is 6.61 Å². The second-order valence-corrected chi connectivity index (χ2v) is 17.4. The highest BCUT2D eigenvalue weighted by Gasteiger charge is 2.17. The van der Waals surface area contributed by atoms with Crippen LogP contribution in [0.1, 0.15) is 239 Å². The molecule has 0 N–H and O–H groups in total. The van der Waals surface area contributed by atoms with Crippen LogP contribution in [0.2, 0.25) is 0 Å². The number of carbonyl (C=O) groups excluding carboxylic acids is 2. The molecule has 5 heteroatoms. The SMILES string of the molecule is CC/C=C\C/C=C\C/C=C\C/C=C\CCCCCCCCCOCC(COC(=O)CCCCCCCCCCCCCCCCC)OC(=O)CC/C=C\C/C=C\C/C=C\C/C=C\CC. The van der Waals surface area contributed by atoms with Crippen LogP contribution in [-0.2, 0) is 23.8 Å². The van der Waals surface area contributed by atoms with Gasteiger partial charge >= 0.3 is 11.9 Å². The Balaban J connectivity index is 4.34. The summed E-state index contributed by atoms with van der Waals surface area (Å²) in [6.45, 7) is 7.51. The zero-order chi connectivity index (χ0) is 46.3. The number of rotatable bonds is 48. The van der Waals surface area contributed by atoms with Crippen LogP contribution in [0, 0.1) is 0 Å². The molecule has 0 aliphatic rings. The van der Waals surface area contributed by atoms with Crippen LogP contribution in [-0.4, -0.2) is 37.9 Å². The number of hydrogen-bond donors (Lipinski definition) is 0. The molecule has 5 nitrogen and oxygen atoms in total. The van der Waals surface area contributed by atoms with Crippen molar-refractivity contribution >= 4 is 11.9 Å². The second-order valence-electron chi connectivity index (χ2n) is 17.4. The van der Waals surface area contributed by atoms with E-state index in [1.165, 1.54) is 116 Å². The summed E-state index contributed by atoms with van der Waals surface area (Å²) in [4.78, 5) is 25.4. The molecule has 0 rings (SSSR count). The van der Waals surface area contributed by atoms with E-state index in [0.717, 1.165) is 83.5 Å². The second kappa shape index (κ2) is 54.2. The summed E-state index contributed by atoms with van der Waals surface area (Å²) in [6, 6.07) is 0. The summed E-state index contributed by atoms with van der Waals surface area (Å²) < 4.78 is 17.3. The van der Waals surface area contributed by atoms with Crippen LogP contribution < -0.4 is 0 Å². The lowest BCUT2D eigenvalue weighted by molar-refractivity contribution is -0.162. The van der Waals surface area contributed by atoms with E-state index in [9.17, 15) is 9.59 Å². The molecule has 0 saturated carbocycles. The van der Waals surface area contributed by atoms with Gasteiger partial charge in [-0.05, 0) is 83.5 Å². The van der Waals surface area contributed by atoms with Gasteiger partial charge in [-0.15, -0.1) is 0 Å². The fourth-order valence-electron chi connectivity index (χ4n) is 7.22. The monoisotopic (exact) mass is 889 g/mol. The highest BCUT2D eigenvalue weighted by Crippen LogP contribution is 2.15. The summed E-state index contributed by atoms with van der Waals surface area (Å²) in [5, 5.41) is 0. The van der Waals surface area contributed by atoms with Crippen molar-refractivity contribution in [2.24, 2.45) is 0 Å². The van der Waals surface area contributed by atoms with Gasteiger partial charge in [0.25, 0.3) is 0 Å². The average molecular weight is 889 g/mol. The van der Waals surface area contributed by atoms with Crippen molar-refractivity contribution in [3.05, 3.63) is 97.2 Å². The van der Waals surface area contributed by atoms with Crippen LogP contribution in [0.4, 0.5) is 0 Å². The van der Waals surface area contributed by atoms with Crippen molar-refractivity contribution in [2.45, 2.75) is 245 Å². The molecular formula is C59H100O5. The van der Waals surface area contributed by atoms with Gasteiger partial charge in [0.1, 0.15) is 6.61 Å². The standard InChI is InChI=1S/C59H100O5/c1-4-7-10-13-16-19-22-25-27-28-29-30-31-33-36-39-42-45-48-51-54-62-55-57(64-59(61)53-50-47-44-41-38-34-24-21-18-15-12-9-6-3)56-63-58(60)52-49-46-43-40-37-35-32-26-23-20-17-14-11-8-5-2/h7,9-10,12,16,18-19,21,25,27,29-30,34,38,44,47,57H,4-6,8,11,13-15,17,20,22-24,26,28,31-33,35-37,39-43,45-46,48-56H2,1-3H3/b10-7-,12-9-,19-16-,21-18-,27-25-,30-29-,38-34-,47-44-. The topological polar surface area (TPSA) is 61.8 Å². The molecule has 0 spiro atoms. The first-order valence-electron chi connectivity index (χ1n) is 26.8. The maximum absolute atomic E-state index is 12.8. The summed E-state index contributed by atoms with van der Waals surface area (Å²) in [7, 11) is 0. The lowest BCUT2D eigenvalue weighted by atomic mass is 10.0. The smallest absolute Gasteiger partial charge is 0.306 e.